The van der Waals surface area contributed by atoms with Gasteiger partial charge in [0.15, 0.2) is 0 Å². The van der Waals surface area contributed by atoms with Crippen molar-refractivity contribution in [2.45, 2.75) is 58.1 Å². The van der Waals surface area contributed by atoms with Crippen LogP contribution in [0.5, 0.6) is 0 Å². The smallest absolute Gasteiger partial charge is 0.409 e. The topological polar surface area (TPSA) is 65.6 Å². The fourth-order valence-electron chi connectivity index (χ4n) is 5.12. The van der Waals surface area contributed by atoms with Crippen LogP contribution in [0.4, 0.5) is 4.79 Å². The van der Waals surface area contributed by atoms with Crippen LogP contribution < -0.4 is 0 Å². The van der Waals surface area contributed by atoms with E-state index >= 15 is 0 Å². The Labute approximate surface area is 178 Å². The van der Waals surface area contributed by atoms with Crippen molar-refractivity contribution in [1.82, 2.24) is 14.8 Å². The Bertz CT molecular complexity index is 925. The standard InChI is InChI=1S/C24H33N3O3/c1-15(2)22-21-19(18-7-5-6-8-20(18)25-21)13-14-27(22)23(28)16-9-11-17(12-10-16)30-24(29)26(3)4/h5-8,15-17,22,25H,9-14H2,1-4H3/t16-,17-,22?. The molecule has 0 spiro atoms. The van der Waals surface area contributed by atoms with E-state index in [4.69, 9.17) is 4.74 Å². The minimum atomic E-state index is -0.299. The molecule has 2 heterocycles. The fourth-order valence-corrected chi connectivity index (χ4v) is 5.12. The highest BCUT2D eigenvalue weighted by Gasteiger charge is 2.39. The van der Waals surface area contributed by atoms with E-state index in [-0.39, 0.29) is 30.1 Å². The number of benzene rings is 1. The Balaban J connectivity index is 1.48. The second-order valence-electron chi connectivity index (χ2n) is 9.29. The molecule has 0 radical (unpaired) electrons. The van der Waals surface area contributed by atoms with Crippen LogP contribution >= 0.6 is 0 Å². The molecule has 1 fully saturated rings. The van der Waals surface area contributed by atoms with Crippen LogP contribution in [0.3, 0.4) is 0 Å². The fraction of sp³-hybridized carbons (Fsp3) is 0.583. The molecule has 6 nitrogen and oxygen atoms in total. The first-order chi connectivity index (χ1) is 14.4. The van der Waals surface area contributed by atoms with Crippen LogP contribution in [0, 0.1) is 11.8 Å². The highest BCUT2D eigenvalue weighted by Crippen LogP contribution is 2.40. The predicted octanol–water partition coefficient (Wildman–Crippen LogP) is 4.51. The van der Waals surface area contributed by atoms with Crippen molar-refractivity contribution in [3.63, 3.8) is 0 Å². The quantitative estimate of drug-likeness (QED) is 0.808. The zero-order chi connectivity index (χ0) is 21.4. The average molecular weight is 412 g/mol. The second kappa shape index (κ2) is 8.32. The van der Waals surface area contributed by atoms with Crippen LogP contribution in [0.2, 0.25) is 0 Å². The number of aromatic amines is 1. The summed E-state index contributed by atoms with van der Waals surface area (Å²) in [5.41, 5.74) is 3.73. The molecule has 1 aliphatic heterocycles. The van der Waals surface area contributed by atoms with Crippen molar-refractivity contribution in [2.75, 3.05) is 20.6 Å². The lowest BCUT2D eigenvalue weighted by Gasteiger charge is -2.41. The Kier molecular flexibility index (Phi) is 5.76. The normalized spacial score (nSPS) is 24.0. The summed E-state index contributed by atoms with van der Waals surface area (Å²) in [5.74, 6) is 0.611. The van der Waals surface area contributed by atoms with Gasteiger partial charge in [0.25, 0.3) is 0 Å². The molecule has 4 rings (SSSR count). The monoisotopic (exact) mass is 411 g/mol. The summed E-state index contributed by atoms with van der Waals surface area (Å²) in [4.78, 5) is 32.5. The van der Waals surface area contributed by atoms with E-state index in [0.29, 0.717) is 5.92 Å². The number of aromatic nitrogens is 1. The van der Waals surface area contributed by atoms with Crippen molar-refractivity contribution in [3.05, 3.63) is 35.5 Å². The molecule has 1 N–H and O–H groups in total. The average Bonchev–Trinajstić information content (AvgIpc) is 3.11. The van der Waals surface area contributed by atoms with Crippen LogP contribution in [-0.2, 0) is 16.0 Å². The molecule has 1 aliphatic carbocycles. The first kappa shape index (κ1) is 20.8. The lowest BCUT2D eigenvalue weighted by atomic mass is 9.84. The minimum absolute atomic E-state index is 0.0199. The van der Waals surface area contributed by atoms with Gasteiger partial charge in [-0.3, -0.25) is 4.79 Å². The van der Waals surface area contributed by atoms with Crippen LogP contribution in [0.25, 0.3) is 10.9 Å². The maximum absolute atomic E-state index is 13.5. The van der Waals surface area contributed by atoms with Crippen LogP contribution in [-0.4, -0.2) is 53.5 Å². The van der Waals surface area contributed by atoms with Crippen molar-refractivity contribution in [2.24, 2.45) is 11.8 Å². The summed E-state index contributed by atoms with van der Waals surface area (Å²) >= 11 is 0. The van der Waals surface area contributed by atoms with Crippen LogP contribution in [0.1, 0.15) is 56.8 Å². The third kappa shape index (κ3) is 3.80. The molecule has 1 aromatic heterocycles. The van der Waals surface area contributed by atoms with Gasteiger partial charge in [0.05, 0.1) is 6.04 Å². The number of rotatable bonds is 3. The summed E-state index contributed by atoms with van der Waals surface area (Å²) in [6, 6.07) is 8.51. The molecule has 6 heteroatoms. The number of H-pyrrole nitrogens is 1. The first-order valence-corrected chi connectivity index (χ1v) is 11.1. The number of nitrogens with zero attached hydrogens (tertiary/aromatic N) is 2. The number of hydrogen-bond donors (Lipinski definition) is 1. The number of carbonyl (C=O) groups is 2. The maximum atomic E-state index is 13.5. The van der Waals surface area contributed by atoms with Gasteiger partial charge in [-0.1, -0.05) is 32.0 Å². The van der Waals surface area contributed by atoms with E-state index in [1.165, 1.54) is 21.5 Å². The van der Waals surface area contributed by atoms with Crippen molar-refractivity contribution in [1.29, 1.82) is 0 Å². The van der Waals surface area contributed by atoms with Gasteiger partial charge < -0.3 is 19.5 Å². The molecule has 0 bridgehead atoms. The number of fused-ring (bicyclic) bond motifs is 3. The number of carbonyl (C=O) groups excluding carboxylic acids is 2. The van der Waals surface area contributed by atoms with E-state index in [2.05, 4.69) is 48.0 Å². The SMILES string of the molecule is CC(C)C1c2[nH]c3ccccc3c2CCN1C(=O)[C@H]1CC[C@H](OC(=O)N(C)C)CC1. The van der Waals surface area contributed by atoms with E-state index in [1.54, 1.807) is 14.1 Å². The third-order valence-electron chi connectivity index (χ3n) is 6.65. The van der Waals surface area contributed by atoms with Gasteiger partial charge in [0.1, 0.15) is 6.10 Å². The summed E-state index contributed by atoms with van der Waals surface area (Å²) in [6.07, 6.45) is 3.60. The van der Waals surface area contributed by atoms with E-state index in [0.717, 1.165) is 44.2 Å². The molecule has 162 valence electrons. The maximum Gasteiger partial charge on any atom is 0.409 e. The molecule has 1 unspecified atom stereocenters. The second-order valence-corrected chi connectivity index (χ2v) is 9.29. The molecule has 1 aromatic carbocycles. The number of hydrogen-bond acceptors (Lipinski definition) is 3. The molecule has 0 saturated heterocycles. The Morgan fingerprint density at radius 1 is 1.13 bits per heavy atom. The van der Waals surface area contributed by atoms with E-state index in [9.17, 15) is 9.59 Å². The Morgan fingerprint density at radius 3 is 2.50 bits per heavy atom. The summed E-state index contributed by atoms with van der Waals surface area (Å²) < 4.78 is 5.52. The number of nitrogens with one attached hydrogen (secondary N) is 1. The first-order valence-electron chi connectivity index (χ1n) is 11.1. The Morgan fingerprint density at radius 2 is 1.83 bits per heavy atom. The van der Waals surface area contributed by atoms with Crippen molar-refractivity contribution < 1.29 is 14.3 Å². The Hall–Kier alpha value is -2.50. The zero-order valence-corrected chi connectivity index (χ0v) is 18.5. The number of amides is 2. The van der Waals surface area contributed by atoms with Crippen molar-refractivity contribution in [3.8, 4) is 0 Å². The lowest BCUT2D eigenvalue weighted by molar-refractivity contribution is -0.141. The van der Waals surface area contributed by atoms with Gasteiger partial charge in [0.2, 0.25) is 5.91 Å². The van der Waals surface area contributed by atoms with E-state index < -0.39 is 0 Å². The molecule has 2 aromatic rings. The molecule has 2 amide bonds. The van der Waals surface area contributed by atoms with Crippen LogP contribution in [0.15, 0.2) is 24.3 Å². The van der Waals surface area contributed by atoms with Gasteiger partial charge in [-0.2, -0.15) is 0 Å². The zero-order valence-electron chi connectivity index (χ0n) is 18.5. The number of para-hydroxylation sites is 1. The van der Waals surface area contributed by atoms with Gasteiger partial charge in [-0.05, 0) is 49.7 Å². The van der Waals surface area contributed by atoms with Gasteiger partial charge >= 0.3 is 6.09 Å². The molecule has 1 saturated carbocycles. The molecule has 2 aliphatic rings. The third-order valence-corrected chi connectivity index (χ3v) is 6.65. The predicted molar refractivity (Wildman–Crippen MR) is 117 cm³/mol. The van der Waals surface area contributed by atoms with Gasteiger partial charge in [-0.15, -0.1) is 0 Å². The highest BCUT2D eigenvalue weighted by molar-refractivity contribution is 5.86. The minimum Gasteiger partial charge on any atom is -0.446 e. The summed E-state index contributed by atoms with van der Waals surface area (Å²) in [6.45, 7) is 5.17. The summed E-state index contributed by atoms with van der Waals surface area (Å²) in [5, 5.41) is 1.29. The molecular formula is C24H33N3O3. The molecule has 1 atom stereocenters. The molecular weight excluding hydrogens is 378 g/mol. The number of ether oxygens (including phenoxy) is 1. The van der Waals surface area contributed by atoms with Gasteiger partial charge in [0, 0.05) is 43.2 Å². The highest BCUT2D eigenvalue weighted by atomic mass is 16.6. The van der Waals surface area contributed by atoms with Crippen molar-refractivity contribution >= 4 is 22.9 Å². The summed E-state index contributed by atoms with van der Waals surface area (Å²) in [7, 11) is 3.39. The largest absolute Gasteiger partial charge is 0.446 e. The van der Waals surface area contributed by atoms with E-state index in [1.807, 2.05) is 0 Å². The molecule has 30 heavy (non-hydrogen) atoms. The lowest BCUT2D eigenvalue weighted by Crippen LogP contribution is -2.46. The van der Waals surface area contributed by atoms with Gasteiger partial charge in [-0.25, -0.2) is 4.79 Å².